The summed E-state index contributed by atoms with van der Waals surface area (Å²) in [7, 11) is 1.55. The van der Waals surface area contributed by atoms with Crippen LogP contribution in [0, 0.1) is 0 Å². The Morgan fingerprint density at radius 3 is 2.49 bits per heavy atom. The highest BCUT2D eigenvalue weighted by Crippen LogP contribution is 2.37. The minimum Gasteiger partial charge on any atom is -0.493 e. The van der Waals surface area contributed by atoms with Crippen molar-refractivity contribution in [3.63, 3.8) is 0 Å². The van der Waals surface area contributed by atoms with Crippen molar-refractivity contribution in [1.82, 2.24) is 4.90 Å². The summed E-state index contributed by atoms with van der Waals surface area (Å²) < 4.78 is 12.7. The Morgan fingerprint density at radius 1 is 1.08 bits per heavy atom. The van der Waals surface area contributed by atoms with Crippen LogP contribution in [0.2, 0.25) is 0 Å². The van der Waals surface area contributed by atoms with E-state index in [2.05, 4.69) is 22.5 Å². The number of ketones is 1. The molecular formula is C29H24BrNO5S. The first-order chi connectivity index (χ1) is 17.9. The zero-order valence-electron chi connectivity index (χ0n) is 20.1. The van der Waals surface area contributed by atoms with Crippen LogP contribution in [0.15, 0.2) is 88.8 Å². The lowest BCUT2D eigenvalue weighted by molar-refractivity contribution is -0.122. The molecule has 1 aliphatic heterocycles. The molecule has 3 aromatic carbocycles. The van der Waals surface area contributed by atoms with Crippen LogP contribution in [0.5, 0.6) is 11.5 Å². The molecule has 0 saturated carbocycles. The fourth-order valence-electron chi connectivity index (χ4n) is 3.77. The van der Waals surface area contributed by atoms with E-state index in [4.69, 9.17) is 9.47 Å². The molecule has 0 bridgehead atoms. The predicted octanol–water partition coefficient (Wildman–Crippen LogP) is 6.68. The smallest absolute Gasteiger partial charge is 0.293 e. The summed E-state index contributed by atoms with van der Waals surface area (Å²) in [6, 6.07) is 20.1. The second-order valence-corrected chi connectivity index (χ2v) is 10.1. The van der Waals surface area contributed by atoms with Crippen molar-refractivity contribution in [2.45, 2.75) is 13.0 Å². The van der Waals surface area contributed by atoms with Gasteiger partial charge in [0.25, 0.3) is 11.1 Å². The second-order valence-electron chi connectivity index (χ2n) is 8.18. The van der Waals surface area contributed by atoms with Gasteiger partial charge in [-0.25, -0.2) is 0 Å². The van der Waals surface area contributed by atoms with Crippen molar-refractivity contribution >= 4 is 50.7 Å². The molecule has 6 nitrogen and oxygen atoms in total. The molecule has 1 fully saturated rings. The Balaban J connectivity index is 1.57. The number of nitrogens with zero attached hydrogens (tertiary/aromatic N) is 1. The third-order valence-corrected chi connectivity index (χ3v) is 7.04. The van der Waals surface area contributed by atoms with E-state index in [1.54, 1.807) is 55.7 Å². The van der Waals surface area contributed by atoms with Crippen LogP contribution in [0.4, 0.5) is 4.79 Å². The van der Waals surface area contributed by atoms with Crippen LogP contribution in [0.1, 0.15) is 27.0 Å². The summed E-state index contributed by atoms with van der Waals surface area (Å²) in [6.07, 6.45) is 3.90. The molecular weight excluding hydrogens is 554 g/mol. The molecule has 1 saturated heterocycles. The molecule has 37 heavy (non-hydrogen) atoms. The Morgan fingerprint density at radius 2 is 1.81 bits per heavy atom. The summed E-state index contributed by atoms with van der Waals surface area (Å²) in [5, 5.41) is -0.478. The van der Waals surface area contributed by atoms with E-state index in [9.17, 15) is 14.4 Å². The Bertz CT molecular complexity index is 1370. The molecule has 0 spiro atoms. The van der Waals surface area contributed by atoms with Crippen LogP contribution >= 0.6 is 27.7 Å². The fraction of sp³-hybridized carbons (Fsp3) is 0.138. The molecule has 3 aromatic rings. The lowest BCUT2D eigenvalue weighted by atomic mass is 10.0. The first kappa shape index (κ1) is 26.4. The highest BCUT2D eigenvalue weighted by molar-refractivity contribution is 9.10. The minimum atomic E-state index is -0.501. The number of rotatable bonds is 10. The van der Waals surface area contributed by atoms with Crippen molar-refractivity contribution in [1.29, 1.82) is 0 Å². The molecule has 8 heteroatoms. The van der Waals surface area contributed by atoms with Crippen molar-refractivity contribution in [3.05, 3.63) is 111 Å². The molecule has 0 atom stereocenters. The van der Waals surface area contributed by atoms with Gasteiger partial charge in [0, 0.05) is 15.6 Å². The summed E-state index contributed by atoms with van der Waals surface area (Å²) in [4.78, 5) is 39.3. The molecule has 0 aromatic heterocycles. The van der Waals surface area contributed by atoms with Crippen molar-refractivity contribution in [3.8, 4) is 11.5 Å². The Kier molecular flexibility index (Phi) is 8.63. The highest BCUT2D eigenvalue weighted by Gasteiger charge is 2.36. The zero-order valence-corrected chi connectivity index (χ0v) is 22.5. The molecule has 4 rings (SSSR count). The van der Waals surface area contributed by atoms with Gasteiger partial charge in [0.2, 0.25) is 0 Å². The van der Waals surface area contributed by atoms with Crippen LogP contribution in [0.25, 0.3) is 6.08 Å². The average Bonchev–Trinajstić information content (AvgIpc) is 3.16. The van der Waals surface area contributed by atoms with E-state index < -0.39 is 11.1 Å². The number of hydrogen-bond donors (Lipinski definition) is 0. The SMILES string of the molecule is C=CCc1cc(/C=C2\SC(=O)N(CC(=O)c3ccccc3)C2=O)cc(OC)c1OCc1ccc(Br)cc1. The summed E-state index contributed by atoms with van der Waals surface area (Å²) in [6.45, 7) is 3.88. The van der Waals surface area contributed by atoms with Crippen molar-refractivity contribution < 1.29 is 23.9 Å². The number of allylic oxidation sites excluding steroid dienone is 1. The number of Topliss-reactive ketones (excluding diaryl/α,β-unsaturated/α-hetero) is 1. The Labute approximate surface area is 228 Å². The lowest BCUT2D eigenvalue weighted by Crippen LogP contribution is -2.33. The van der Waals surface area contributed by atoms with Gasteiger partial charge in [0.05, 0.1) is 18.6 Å². The number of carbonyl (C=O) groups excluding carboxylic acids is 3. The number of thioether (sulfide) groups is 1. The monoisotopic (exact) mass is 577 g/mol. The maximum Gasteiger partial charge on any atom is 0.293 e. The number of benzene rings is 3. The summed E-state index contributed by atoms with van der Waals surface area (Å²) in [5.74, 6) is 0.288. The lowest BCUT2D eigenvalue weighted by Gasteiger charge is -2.16. The van der Waals surface area contributed by atoms with E-state index in [1.807, 2.05) is 30.3 Å². The third kappa shape index (κ3) is 6.39. The molecule has 0 N–H and O–H groups in total. The summed E-state index contributed by atoms with van der Waals surface area (Å²) in [5.41, 5.74) is 2.95. The van der Waals surface area contributed by atoms with Gasteiger partial charge in [-0.15, -0.1) is 6.58 Å². The molecule has 0 aliphatic carbocycles. The van der Waals surface area contributed by atoms with Crippen LogP contribution in [-0.2, 0) is 17.8 Å². The average molecular weight is 578 g/mol. The molecule has 0 unspecified atom stereocenters. The largest absolute Gasteiger partial charge is 0.493 e. The minimum absolute atomic E-state index is 0.237. The van der Waals surface area contributed by atoms with E-state index in [-0.39, 0.29) is 17.2 Å². The van der Waals surface area contributed by atoms with Crippen LogP contribution in [0.3, 0.4) is 0 Å². The molecule has 2 amide bonds. The number of amides is 2. The number of carbonyl (C=O) groups is 3. The fourth-order valence-corrected chi connectivity index (χ4v) is 4.87. The van der Waals surface area contributed by atoms with E-state index in [1.165, 1.54) is 0 Å². The van der Waals surface area contributed by atoms with Gasteiger partial charge in [-0.1, -0.05) is 64.5 Å². The van der Waals surface area contributed by atoms with Gasteiger partial charge in [0.1, 0.15) is 6.61 Å². The number of hydrogen-bond acceptors (Lipinski definition) is 6. The number of ether oxygens (including phenoxy) is 2. The van der Waals surface area contributed by atoms with Gasteiger partial charge >= 0.3 is 0 Å². The van der Waals surface area contributed by atoms with Gasteiger partial charge in [-0.3, -0.25) is 19.3 Å². The number of methoxy groups -OCH3 is 1. The standard InChI is InChI=1S/C29H24BrNO5S/c1-3-7-22-14-20(15-25(35-2)27(22)36-18-19-10-12-23(30)13-11-19)16-26-28(33)31(29(34)37-26)17-24(32)21-8-5-4-6-9-21/h3-6,8-16H,1,7,17-18H2,2H3/b26-16-. The van der Waals surface area contributed by atoms with Crippen LogP contribution < -0.4 is 9.47 Å². The number of imide groups is 1. The maximum atomic E-state index is 13.0. The topological polar surface area (TPSA) is 72.9 Å². The third-order valence-electron chi connectivity index (χ3n) is 5.60. The zero-order chi connectivity index (χ0) is 26.4. The first-order valence-corrected chi connectivity index (χ1v) is 13.0. The quantitative estimate of drug-likeness (QED) is 0.152. The van der Waals surface area contributed by atoms with Gasteiger partial charge < -0.3 is 9.47 Å². The van der Waals surface area contributed by atoms with Gasteiger partial charge in [0.15, 0.2) is 17.3 Å². The van der Waals surface area contributed by atoms with Crippen molar-refractivity contribution in [2.75, 3.05) is 13.7 Å². The molecule has 0 radical (unpaired) electrons. The Hall–Kier alpha value is -3.62. The highest BCUT2D eigenvalue weighted by atomic mass is 79.9. The number of halogens is 1. The predicted molar refractivity (Wildman–Crippen MR) is 149 cm³/mol. The summed E-state index contributed by atoms with van der Waals surface area (Å²) >= 11 is 4.24. The van der Waals surface area contributed by atoms with E-state index in [0.717, 1.165) is 32.3 Å². The first-order valence-electron chi connectivity index (χ1n) is 11.4. The van der Waals surface area contributed by atoms with Crippen LogP contribution in [-0.4, -0.2) is 35.5 Å². The van der Waals surface area contributed by atoms with E-state index in [0.29, 0.717) is 35.7 Å². The normalized spacial score (nSPS) is 14.2. The van der Waals surface area contributed by atoms with Crippen molar-refractivity contribution in [2.24, 2.45) is 0 Å². The van der Waals surface area contributed by atoms with Gasteiger partial charge in [-0.2, -0.15) is 0 Å². The molecule has 1 aliphatic rings. The molecule has 188 valence electrons. The van der Waals surface area contributed by atoms with Gasteiger partial charge in [-0.05, 0) is 59.7 Å². The second kappa shape index (κ2) is 12.1. The molecule has 1 heterocycles. The maximum absolute atomic E-state index is 13.0. The van der Waals surface area contributed by atoms with E-state index >= 15 is 0 Å².